The van der Waals surface area contributed by atoms with Crippen LogP contribution in [0.4, 0.5) is 0 Å². The highest BCUT2D eigenvalue weighted by Gasteiger charge is 2.29. The number of nitrogens with zero attached hydrogens (tertiary/aromatic N) is 2. The lowest BCUT2D eigenvalue weighted by atomic mass is 9.85. The van der Waals surface area contributed by atoms with Gasteiger partial charge in [-0.25, -0.2) is 0 Å². The molecule has 1 saturated carbocycles. The molecule has 0 aromatic heterocycles. The van der Waals surface area contributed by atoms with Crippen LogP contribution in [0.25, 0.3) is 0 Å². The van der Waals surface area contributed by atoms with Crippen molar-refractivity contribution in [3.8, 4) is 0 Å². The van der Waals surface area contributed by atoms with E-state index in [0.717, 1.165) is 18.5 Å². The van der Waals surface area contributed by atoms with Crippen LogP contribution < -0.4 is 0 Å². The van der Waals surface area contributed by atoms with Gasteiger partial charge in [-0.1, -0.05) is 6.92 Å². The highest BCUT2D eigenvalue weighted by Crippen LogP contribution is 2.29. The Morgan fingerprint density at radius 2 is 1.77 bits per heavy atom. The lowest BCUT2D eigenvalue weighted by Gasteiger charge is -2.42. The monoisotopic (exact) mass is 312 g/mol. The maximum Gasteiger partial charge on any atom is 0.0900 e. The quantitative estimate of drug-likeness (QED) is 0.783. The van der Waals surface area contributed by atoms with Crippen LogP contribution in [0, 0.1) is 5.92 Å². The SMILES string of the molecule is CCOCC(O)CN(C)C1CCN(C2CCC(C)CC2)CC1. The van der Waals surface area contributed by atoms with Gasteiger partial charge in [0, 0.05) is 25.2 Å². The molecule has 0 radical (unpaired) electrons. The van der Waals surface area contributed by atoms with Gasteiger partial charge in [-0.05, 0) is 71.5 Å². The Kier molecular flexibility index (Phi) is 7.61. The minimum Gasteiger partial charge on any atom is -0.389 e. The molecule has 1 aliphatic carbocycles. The molecule has 4 heteroatoms. The summed E-state index contributed by atoms with van der Waals surface area (Å²) in [6.07, 6.45) is 7.74. The van der Waals surface area contributed by atoms with Gasteiger partial charge in [-0.2, -0.15) is 0 Å². The Morgan fingerprint density at radius 3 is 2.36 bits per heavy atom. The largest absolute Gasteiger partial charge is 0.389 e. The van der Waals surface area contributed by atoms with E-state index >= 15 is 0 Å². The molecule has 2 aliphatic rings. The number of likely N-dealkylation sites (tertiary alicyclic amines) is 1. The molecule has 0 bridgehead atoms. The highest BCUT2D eigenvalue weighted by molar-refractivity contribution is 4.85. The zero-order chi connectivity index (χ0) is 15.9. The van der Waals surface area contributed by atoms with E-state index in [1.807, 2.05) is 6.92 Å². The molecule has 1 heterocycles. The molecule has 0 aromatic rings. The Balaban J connectivity index is 1.67. The number of rotatable bonds is 7. The van der Waals surface area contributed by atoms with Crippen molar-refractivity contribution in [2.24, 2.45) is 5.92 Å². The van der Waals surface area contributed by atoms with Gasteiger partial charge in [0.25, 0.3) is 0 Å². The summed E-state index contributed by atoms with van der Waals surface area (Å²) in [5, 5.41) is 9.98. The normalized spacial score (nSPS) is 29.9. The molecule has 4 nitrogen and oxygen atoms in total. The Hall–Kier alpha value is -0.160. The van der Waals surface area contributed by atoms with Gasteiger partial charge in [0.05, 0.1) is 12.7 Å². The first kappa shape index (κ1) is 18.2. The van der Waals surface area contributed by atoms with Gasteiger partial charge >= 0.3 is 0 Å². The third-order valence-corrected chi connectivity index (χ3v) is 5.64. The minimum absolute atomic E-state index is 0.359. The van der Waals surface area contributed by atoms with Crippen molar-refractivity contribution >= 4 is 0 Å². The third-order valence-electron chi connectivity index (χ3n) is 5.64. The summed E-state index contributed by atoms with van der Waals surface area (Å²) in [7, 11) is 2.15. The number of hydrogen-bond acceptors (Lipinski definition) is 4. The summed E-state index contributed by atoms with van der Waals surface area (Å²) in [4.78, 5) is 5.07. The summed E-state index contributed by atoms with van der Waals surface area (Å²) < 4.78 is 5.30. The van der Waals surface area contributed by atoms with E-state index in [4.69, 9.17) is 4.74 Å². The van der Waals surface area contributed by atoms with E-state index in [2.05, 4.69) is 23.8 Å². The second-order valence-corrected chi connectivity index (χ2v) is 7.43. The van der Waals surface area contributed by atoms with Gasteiger partial charge in [0.15, 0.2) is 0 Å². The topological polar surface area (TPSA) is 35.9 Å². The van der Waals surface area contributed by atoms with E-state index in [0.29, 0.717) is 19.3 Å². The average molecular weight is 312 g/mol. The third kappa shape index (κ3) is 5.48. The zero-order valence-corrected chi connectivity index (χ0v) is 14.8. The Labute approximate surface area is 136 Å². The molecule has 0 amide bonds. The van der Waals surface area contributed by atoms with E-state index in [1.54, 1.807) is 0 Å². The molecule has 130 valence electrons. The smallest absolute Gasteiger partial charge is 0.0900 e. The molecule has 1 aliphatic heterocycles. The molecule has 2 fully saturated rings. The van der Waals surface area contributed by atoms with Gasteiger partial charge in [0.1, 0.15) is 0 Å². The first-order valence-electron chi connectivity index (χ1n) is 9.30. The molecule has 1 atom stereocenters. The molecule has 0 spiro atoms. The van der Waals surface area contributed by atoms with Crippen molar-refractivity contribution in [2.75, 3.05) is 39.9 Å². The molecular weight excluding hydrogens is 276 g/mol. The summed E-state index contributed by atoms with van der Waals surface area (Å²) >= 11 is 0. The van der Waals surface area contributed by atoms with Crippen LogP contribution in [0.1, 0.15) is 52.4 Å². The number of piperidine rings is 1. The van der Waals surface area contributed by atoms with E-state index in [9.17, 15) is 5.11 Å². The van der Waals surface area contributed by atoms with Crippen molar-refractivity contribution in [3.63, 3.8) is 0 Å². The van der Waals surface area contributed by atoms with Crippen LogP contribution in [-0.2, 0) is 4.74 Å². The summed E-state index contributed by atoms with van der Waals surface area (Å²) in [5.74, 6) is 0.937. The number of aliphatic hydroxyl groups excluding tert-OH is 1. The van der Waals surface area contributed by atoms with Gasteiger partial charge < -0.3 is 19.6 Å². The van der Waals surface area contributed by atoms with Crippen LogP contribution in [0.3, 0.4) is 0 Å². The van der Waals surface area contributed by atoms with Crippen LogP contribution in [0.5, 0.6) is 0 Å². The van der Waals surface area contributed by atoms with Crippen molar-refractivity contribution in [3.05, 3.63) is 0 Å². The van der Waals surface area contributed by atoms with E-state index in [1.165, 1.54) is 51.6 Å². The first-order chi connectivity index (χ1) is 10.6. The maximum atomic E-state index is 9.98. The lowest BCUT2D eigenvalue weighted by molar-refractivity contribution is 0.00739. The van der Waals surface area contributed by atoms with E-state index < -0.39 is 0 Å². The fraction of sp³-hybridized carbons (Fsp3) is 1.00. The molecule has 22 heavy (non-hydrogen) atoms. The summed E-state index contributed by atoms with van der Waals surface area (Å²) in [5.41, 5.74) is 0. The van der Waals surface area contributed by atoms with Crippen molar-refractivity contribution in [1.29, 1.82) is 0 Å². The van der Waals surface area contributed by atoms with Crippen LogP contribution in [-0.4, -0.2) is 73.0 Å². The molecule has 1 saturated heterocycles. The van der Waals surface area contributed by atoms with Crippen LogP contribution in [0.2, 0.25) is 0 Å². The van der Waals surface area contributed by atoms with Crippen molar-refractivity contribution in [2.45, 2.75) is 70.6 Å². The fourth-order valence-electron chi connectivity index (χ4n) is 4.09. The molecule has 1 N–H and O–H groups in total. The van der Waals surface area contributed by atoms with Gasteiger partial charge in [0.2, 0.25) is 0 Å². The number of aliphatic hydroxyl groups is 1. The second kappa shape index (κ2) is 9.21. The standard InChI is InChI=1S/C18H36N2O2/c1-4-22-14-18(21)13-19(3)16-9-11-20(12-10-16)17-7-5-15(2)6-8-17/h15-18,21H,4-14H2,1-3H3. The predicted octanol–water partition coefficient (Wildman–Crippen LogP) is 2.36. The van der Waals surface area contributed by atoms with Crippen LogP contribution in [0.15, 0.2) is 0 Å². The lowest BCUT2D eigenvalue weighted by Crippen LogP contribution is -2.49. The Bertz CT molecular complexity index is 297. The number of hydrogen-bond donors (Lipinski definition) is 1. The highest BCUT2D eigenvalue weighted by atomic mass is 16.5. The summed E-state index contributed by atoms with van der Waals surface area (Å²) in [6, 6.07) is 1.46. The predicted molar refractivity (Wildman–Crippen MR) is 91.1 cm³/mol. The molecule has 1 unspecified atom stereocenters. The molecule has 2 rings (SSSR count). The maximum absolute atomic E-state index is 9.98. The number of likely N-dealkylation sites (N-methyl/N-ethyl adjacent to an activating group) is 1. The van der Waals surface area contributed by atoms with Crippen molar-refractivity contribution < 1.29 is 9.84 Å². The Morgan fingerprint density at radius 1 is 1.14 bits per heavy atom. The van der Waals surface area contributed by atoms with Crippen LogP contribution >= 0.6 is 0 Å². The minimum atomic E-state index is -0.359. The summed E-state index contributed by atoms with van der Waals surface area (Å²) in [6.45, 7) is 8.69. The average Bonchev–Trinajstić information content (AvgIpc) is 2.54. The van der Waals surface area contributed by atoms with Gasteiger partial charge in [-0.15, -0.1) is 0 Å². The molecule has 0 aromatic carbocycles. The zero-order valence-electron chi connectivity index (χ0n) is 14.8. The molecular formula is C18H36N2O2. The second-order valence-electron chi connectivity index (χ2n) is 7.43. The first-order valence-corrected chi connectivity index (χ1v) is 9.30. The van der Waals surface area contributed by atoms with Gasteiger partial charge in [-0.3, -0.25) is 0 Å². The van der Waals surface area contributed by atoms with Crippen molar-refractivity contribution in [1.82, 2.24) is 9.80 Å². The van der Waals surface area contributed by atoms with E-state index in [-0.39, 0.29) is 6.10 Å². The fourth-order valence-corrected chi connectivity index (χ4v) is 4.09. The number of ether oxygens (including phenoxy) is 1.